The number of unbranched alkanes of at least 4 members (excludes halogenated alkanes) is 2. The summed E-state index contributed by atoms with van der Waals surface area (Å²) in [5.74, 6) is 0. The Hall–Kier alpha value is -1.00. The molecule has 6 heteroatoms. The maximum absolute atomic E-state index is 11.1. The quantitative estimate of drug-likeness (QED) is 0.630. The van der Waals surface area contributed by atoms with Crippen LogP contribution in [0.1, 0.15) is 45.1 Å². The Bertz CT molecular complexity index is 434. The van der Waals surface area contributed by atoms with Crippen molar-refractivity contribution in [3.8, 4) is 0 Å². The van der Waals surface area contributed by atoms with Crippen molar-refractivity contribution >= 4 is 29.3 Å². The van der Waals surface area contributed by atoms with E-state index in [0.717, 1.165) is 19.3 Å². The number of carbonyl (C=O) groups excluding carboxylic acids is 1. The van der Waals surface area contributed by atoms with Crippen LogP contribution < -0.4 is 5.73 Å². The van der Waals surface area contributed by atoms with Gasteiger partial charge in [-0.05, 0) is 31.9 Å². The fourth-order valence-corrected chi connectivity index (χ4v) is 2.42. The molecule has 0 saturated heterocycles. The maximum Gasteiger partial charge on any atom is 0.405 e. The summed E-state index contributed by atoms with van der Waals surface area (Å²) in [4.78, 5) is 15.0. The number of halogens is 2. The molecule has 0 aliphatic carbocycles. The van der Waals surface area contributed by atoms with Gasteiger partial charge in [-0.25, -0.2) is 9.78 Å². The molecule has 4 nitrogen and oxygen atoms in total. The molecular weight excluding hydrogens is 287 g/mol. The molecule has 1 unspecified atom stereocenters. The molecule has 1 amide bonds. The van der Waals surface area contributed by atoms with Gasteiger partial charge in [0.2, 0.25) is 0 Å². The van der Waals surface area contributed by atoms with Gasteiger partial charge in [-0.15, -0.1) is 0 Å². The van der Waals surface area contributed by atoms with E-state index in [2.05, 4.69) is 11.9 Å². The van der Waals surface area contributed by atoms with Gasteiger partial charge in [0.05, 0.1) is 0 Å². The van der Waals surface area contributed by atoms with E-state index in [1.54, 1.807) is 19.1 Å². The van der Waals surface area contributed by atoms with Crippen LogP contribution in [0.15, 0.2) is 12.1 Å². The fraction of sp³-hybridized carbons (Fsp3) is 0.538. The van der Waals surface area contributed by atoms with Crippen molar-refractivity contribution in [2.75, 3.05) is 0 Å². The van der Waals surface area contributed by atoms with Gasteiger partial charge < -0.3 is 10.5 Å². The molecule has 0 spiro atoms. The monoisotopic (exact) mass is 304 g/mol. The normalized spacial score (nSPS) is 13.9. The number of primary amides is 1. The van der Waals surface area contributed by atoms with Gasteiger partial charge in [0, 0.05) is 5.56 Å². The van der Waals surface area contributed by atoms with Crippen LogP contribution in [0.4, 0.5) is 4.79 Å². The fourth-order valence-electron chi connectivity index (χ4n) is 1.96. The summed E-state index contributed by atoms with van der Waals surface area (Å²) in [6.45, 7) is 3.90. The van der Waals surface area contributed by atoms with E-state index in [-0.39, 0.29) is 10.3 Å². The van der Waals surface area contributed by atoms with Gasteiger partial charge in [-0.2, -0.15) is 0 Å². The first kappa shape index (κ1) is 16.1. The minimum Gasteiger partial charge on any atom is -0.438 e. The predicted octanol–water partition coefficient (Wildman–Crippen LogP) is 4.28. The molecule has 0 fully saturated rings. The standard InChI is InChI=1S/C13H18Cl2N2O2/c1-3-4-5-6-13(2,19-12(16)18)9-7-10(14)17-11(15)8-9/h7-8H,3-6H2,1-2H3,(H2,16,18). The molecule has 1 atom stereocenters. The number of amides is 1. The average molecular weight is 305 g/mol. The number of aromatic nitrogens is 1. The maximum atomic E-state index is 11.1. The largest absolute Gasteiger partial charge is 0.438 e. The van der Waals surface area contributed by atoms with Crippen LogP contribution in [0.5, 0.6) is 0 Å². The first-order valence-electron chi connectivity index (χ1n) is 6.19. The molecule has 1 aromatic rings. The SMILES string of the molecule is CCCCCC(C)(OC(N)=O)c1cc(Cl)nc(Cl)c1. The first-order valence-corrected chi connectivity index (χ1v) is 6.95. The smallest absolute Gasteiger partial charge is 0.405 e. The second-order valence-corrected chi connectivity index (χ2v) is 5.38. The van der Waals surface area contributed by atoms with Crippen LogP contribution >= 0.6 is 23.2 Å². The third kappa shape index (κ3) is 4.88. The highest BCUT2D eigenvalue weighted by molar-refractivity contribution is 6.32. The predicted molar refractivity (Wildman–Crippen MR) is 76.4 cm³/mol. The van der Waals surface area contributed by atoms with Crippen LogP contribution in [0.3, 0.4) is 0 Å². The zero-order chi connectivity index (χ0) is 14.5. The van der Waals surface area contributed by atoms with Crippen molar-refractivity contribution in [1.82, 2.24) is 4.98 Å². The van der Waals surface area contributed by atoms with Gasteiger partial charge in [0.25, 0.3) is 0 Å². The number of ether oxygens (including phenoxy) is 1. The number of rotatable bonds is 6. The molecule has 0 aliphatic rings. The third-order valence-electron chi connectivity index (χ3n) is 2.96. The molecule has 0 bridgehead atoms. The van der Waals surface area contributed by atoms with Crippen molar-refractivity contribution < 1.29 is 9.53 Å². The number of nitrogens with zero attached hydrogens (tertiary/aromatic N) is 1. The number of hydrogen-bond donors (Lipinski definition) is 1. The molecule has 0 aromatic carbocycles. The van der Waals surface area contributed by atoms with E-state index in [0.29, 0.717) is 12.0 Å². The molecule has 1 rings (SSSR count). The third-order valence-corrected chi connectivity index (χ3v) is 3.34. The van der Waals surface area contributed by atoms with Gasteiger partial charge in [0.15, 0.2) is 0 Å². The van der Waals surface area contributed by atoms with Crippen LogP contribution in [0, 0.1) is 0 Å². The summed E-state index contributed by atoms with van der Waals surface area (Å²) in [6, 6.07) is 3.28. The van der Waals surface area contributed by atoms with Crippen LogP contribution in [0.2, 0.25) is 10.3 Å². The van der Waals surface area contributed by atoms with E-state index in [4.69, 9.17) is 33.7 Å². The average Bonchev–Trinajstić information content (AvgIpc) is 2.27. The second kappa shape index (κ2) is 6.96. The highest BCUT2D eigenvalue weighted by Gasteiger charge is 2.30. The Morgan fingerprint density at radius 2 is 1.95 bits per heavy atom. The van der Waals surface area contributed by atoms with Crippen molar-refractivity contribution in [2.24, 2.45) is 5.73 Å². The van der Waals surface area contributed by atoms with Gasteiger partial charge in [-0.3, -0.25) is 0 Å². The van der Waals surface area contributed by atoms with E-state index in [1.807, 2.05) is 0 Å². The van der Waals surface area contributed by atoms with Crippen molar-refractivity contribution in [3.63, 3.8) is 0 Å². The number of nitrogens with two attached hydrogens (primary N) is 1. The molecule has 2 N–H and O–H groups in total. The highest BCUT2D eigenvalue weighted by atomic mass is 35.5. The molecule has 1 heterocycles. The van der Waals surface area contributed by atoms with Gasteiger partial charge in [0.1, 0.15) is 15.9 Å². The Kier molecular flexibility index (Phi) is 5.88. The van der Waals surface area contributed by atoms with Gasteiger partial charge >= 0.3 is 6.09 Å². The van der Waals surface area contributed by atoms with Gasteiger partial charge in [-0.1, -0.05) is 43.0 Å². The lowest BCUT2D eigenvalue weighted by Gasteiger charge is -2.29. The highest BCUT2D eigenvalue weighted by Crippen LogP contribution is 2.33. The first-order chi connectivity index (χ1) is 8.87. The Labute approximate surface area is 123 Å². The zero-order valence-electron chi connectivity index (χ0n) is 11.1. The molecule has 0 saturated carbocycles. The van der Waals surface area contributed by atoms with E-state index in [1.165, 1.54) is 0 Å². The van der Waals surface area contributed by atoms with Crippen LogP contribution in [-0.2, 0) is 10.3 Å². The molecule has 19 heavy (non-hydrogen) atoms. The van der Waals surface area contributed by atoms with Crippen LogP contribution in [-0.4, -0.2) is 11.1 Å². The molecule has 0 radical (unpaired) electrons. The van der Waals surface area contributed by atoms with Crippen molar-refractivity contribution in [2.45, 2.75) is 45.1 Å². The Balaban J connectivity index is 3.03. The summed E-state index contributed by atoms with van der Waals surface area (Å²) < 4.78 is 5.27. The number of hydrogen-bond acceptors (Lipinski definition) is 3. The van der Waals surface area contributed by atoms with Crippen LogP contribution in [0.25, 0.3) is 0 Å². The summed E-state index contributed by atoms with van der Waals surface area (Å²) in [5.41, 5.74) is 5.02. The van der Waals surface area contributed by atoms with Crippen molar-refractivity contribution in [3.05, 3.63) is 28.0 Å². The second-order valence-electron chi connectivity index (χ2n) is 4.61. The van der Waals surface area contributed by atoms with E-state index >= 15 is 0 Å². The van der Waals surface area contributed by atoms with E-state index < -0.39 is 11.7 Å². The lowest BCUT2D eigenvalue weighted by Crippen LogP contribution is -2.32. The van der Waals surface area contributed by atoms with Crippen molar-refractivity contribution in [1.29, 1.82) is 0 Å². The lowest BCUT2D eigenvalue weighted by molar-refractivity contribution is 0.0191. The number of pyridine rings is 1. The Morgan fingerprint density at radius 1 is 1.37 bits per heavy atom. The molecule has 1 aromatic heterocycles. The Morgan fingerprint density at radius 3 is 2.42 bits per heavy atom. The lowest BCUT2D eigenvalue weighted by atomic mass is 9.90. The summed E-state index contributed by atoms with van der Waals surface area (Å²) >= 11 is 11.8. The molecular formula is C13H18Cl2N2O2. The summed E-state index contributed by atoms with van der Waals surface area (Å²) in [6.07, 6.45) is 2.87. The zero-order valence-corrected chi connectivity index (χ0v) is 12.6. The summed E-state index contributed by atoms with van der Waals surface area (Å²) in [5, 5.41) is 0.523. The minimum atomic E-state index is -0.836. The number of carbonyl (C=O) groups is 1. The molecule has 106 valence electrons. The van der Waals surface area contributed by atoms with E-state index in [9.17, 15) is 4.79 Å². The minimum absolute atomic E-state index is 0.261. The topological polar surface area (TPSA) is 65.2 Å². The summed E-state index contributed by atoms with van der Waals surface area (Å²) in [7, 11) is 0. The molecule has 0 aliphatic heterocycles.